The van der Waals surface area contributed by atoms with Crippen LogP contribution in [0.3, 0.4) is 0 Å². The second-order valence-corrected chi connectivity index (χ2v) is 6.16. The molecule has 0 aliphatic heterocycles. The van der Waals surface area contributed by atoms with Crippen LogP contribution in [0.15, 0.2) is 24.5 Å². The highest BCUT2D eigenvalue weighted by molar-refractivity contribution is 5.06. The van der Waals surface area contributed by atoms with E-state index in [9.17, 15) is 0 Å². The van der Waals surface area contributed by atoms with Gasteiger partial charge in [-0.25, -0.2) is 4.57 Å². The van der Waals surface area contributed by atoms with Gasteiger partial charge in [-0.15, -0.1) is 0 Å². The Morgan fingerprint density at radius 2 is 1.15 bits per heavy atom. The summed E-state index contributed by atoms with van der Waals surface area (Å²) < 4.78 is 2.10. The van der Waals surface area contributed by atoms with Crippen molar-refractivity contribution in [3.63, 3.8) is 0 Å². The maximum absolute atomic E-state index is 2.29. The standard InChI is InChI=1S/C19H34N/c1-3-4-5-6-7-8-9-10-11-12-13-14-19-15-17-20(2)18-16-19/h15-18H,3-14H2,1-2H3/q+1. The molecule has 1 rings (SSSR count). The van der Waals surface area contributed by atoms with E-state index in [0.717, 1.165) is 0 Å². The number of nitrogens with zero attached hydrogens (tertiary/aromatic N) is 1. The molecule has 0 atom stereocenters. The Balaban J connectivity index is 1.84. The fraction of sp³-hybridized carbons (Fsp3) is 0.737. The van der Waals surface area contributed by atoms with E-state index in [-0.39, 0.29) is 0 Å². The lowest BCUT2D eigenvalue weighted by atomic mass is 10.0. The normalized spacial score (nSPS) is 10.9. The summed E-state index contributed by atoms with van der Waals surface area (Å²) in [5.41, 5.74) is 1.49. The largest absolute Gasteiger partial charge is 0.208 e. The van der Waals surface area contributed by atoms with Gasteiger partial charge in [0.05, 0.1) is 0 Å². The lowest BCUT2D eigenvalue weighted by Gasteiger charge is -2.03. The molecular weight excluding hydrogens is 242 g/mol. The molecular formula is C19H34N+. The molecule has 0 saturated heterocycles. The summed E-state index contributed by atoms with van der Waals surface area (Å²) in [6.07, 6.45) is 21.2. The van der Waals surface area contributed by atoms with Crippen LogP contribution in [0.1, 0.15) is 83.1 Å². The zero-order valence-corrected chi connectivity index (χ0v) is 13.7. The maximum atomic E-state index is 2.29. The number of aryl methyl sites for hydroxylation is 2. The summed E-state index contributed by atoms with van der Waals surface area (Å²) in [6.45, 7) is 2.29. The number of pyridine rings is 1. The first kappa shape index (κ1) is 17.2. The third-order valence-electron chi connectivity index (χ3n) is 4.12. The minimum absolute atomic E-state index is 1.25. The van der Waals surface area contributed by atoms with Crippen LogP contribution >= 0.6 is 0 Å². The Kier molecular flexibility index (Phi) is 10.3. The molecule has 0 aromatic carbocycles. The molecule has 0 N–H and O–H groups in total. The second kappa shape index (κ2) is 11.9. The van der Waals surface area contributed by atoms with Crippen molar-refractivity contribution >= 4 is 0 Å². The smallest absolute Gasteiger partial charge is 0.168 e. The van der Waals surface area contributed by atoms with Crippen LogP contribution in [0.25, 0.3) is 0 Å². The number of rotatable bonds is 12. The zero-order valence-electron chi connectivity index (χ0n) is 13.7. The Labute approximate surface area is 126 Å². The molecule has 0 saturated carbocycles. The lowest BCUT2D eigenvalue weighted by Crippen LogP contribution is -2.25. The van der Waals surface area contributed by atoms with Crippen molar-refractivity contribution in [1.82, 2.24) is 0 Å². The van der Waals surface area contributed by atoms with E-state index in [1.54, 1.807) is 0 Å². The van der Waals surface area contributed by atoms with Crippen molar-refractivity contribution in [2.24, 2.45) is 7.05 Å². The minimum atomic E-state index is 1.25. The molecule has 0 spiro atoms. The summed E-state index contributed by atoms with van der Waals surface area (Å²) in [4.78, 5) is 0. The van der Waals surface area contributed by atoms with E-state index in [4.69, 9.17) is 0 Å². The predicted molar refractivity (Wildman–Crippen MR) is 87.8 cm³/mol. The third kappa shape index (κ3) is 9.12. The van der Waals surface area contributed by atoms with Crippen molar-refractivity contribution in [2.45, 2.75) is 84.0 Å². The van der Waals surface area contributed by atoms with Gasteiger partial charge in [0.15, 0.2) is 12.4 Å². The fourth-order valence-corrected chi connectivity index (χ4v) is 2.69. The second-order valence-electron chi connectivity index (χ2n) is 6.16. The van der Waals surface area contributed by atoms with E-state index in [2.05, 4.69) is 43.1 Å². The molecule has 1 heteroatoms. The first-order valence-corrected chi connectivity index (χ1v) is 8.77. The highest BCUT2D eigenvalue weighted by Crippen LogP contribution is 2.12. The van der Waals surface area contributed by atoms with E-state index in [0.29, 0.717) is 0 Å². The summed E-state index contributed by atoms with van der Waals surface area (Å²) in [7, 11) is 2.08. The number of hydrogen-bond acceptors (Lipinski definition) is 0. The molecule has 0 amide bonds. The SMILES string of the molecule is CCCCCCCCCCCCCc1cc[n+](C)cc1. The minimum Gasteiger partial charge on any atom is -0.208 e. The summed E-state index contributed by atoms with van der Waals surface area (Å²) >= 11 is 0. The van der Waals surface area contributed by atoms with Crippen molar-refractivity contribution in [2.75, 3.05) is 0 Å². The van der Waals surface area contributed by atoms with Crippen molar-refractivity contribution < 1.29 is 4.57 Å². The highest BCUT2D eigenvalue weighted by atomic mass is 14.9. The van der Waals surface area contributed by atoms with Gasteiger partial charge in [-0.05, 0) is 18.4 Å². The fourth-order valence-electron chi connectivity index (χ4n) is 2.69. The Morgan fingerprint density at radius 1 is 0.700 bits per heavy atom. The Morgan fingerprint density at radius 3 is 1.65 bits per heavy atom. The third-order valence-corrected chi connectivity index (χ3v) is 4.12. The number of unbranched alkanes of at least 4 members (excludes halogenated alkanes) is 10. The van der Waals surface area contributed by atoms with Gasteiger partial charge in [-0.1, -0.05) is 71.1 Å². The number of aromatic nitrogens is 1. The molecule has 0 aliphatic rings. The van der Waals surface area contributed by atoms with Gasteiger partial charge in [0.25, 0.3) is 0 Å². The molecule has 114 valence electrons. The molecule has 20 heavy (non-hydrogen) atoms. The van der Waals surface area contributed by atoms with Crippen LogP contribution in [0.5, 0.6) is 0 Å². The van der Waals surface area contributed by atoms with Crippen LogP contribution in [0.2, 0.25) is 0 Å². The van der Waals surface area contributed by atoms with Gasteiger partial charge in [0.1, 0.15) is 7.05 Å². The van der Waals surface area contributed by atoms with Gasteiger partial charge in [-0.2, -0.15) is 0 Å². The van der Waals surface area contributed by atoms with E-state index in [1.165, 1.54) is 82.6 Å². The summed E-state index contributed by atoms with van der Waals surface area (Å²) in [5, 5.41) is 0. The average Bonchev–Trinajstić information content (AvgIpc) is 2.47. The topological polar surface area (TPSA) is 3.88 Å². The Bertz CT molecular complexity index is 315. The molecule has 0 bridgehead atoms. The van der Waals surface area contributed by atoms with E-state index < -0.39 is 0 Å². The molecule has 1 heterocycles. The van der Waals surface area contributed by atoms with Crippen LogP contribution in [-0.2, 0) is 13.5 Å². The van der Waals surface area contributed by atoms with Gasteiger partial charge >= 0.3 is 0 Å². The Hall–Kier alpha value is -0.850. The van der Waals surface area contributed by atoms with Crippen LogP contribution in [0, 0.1) is 0 Å². The van der Waals surface area contributed by atoms with Crippen LogP contribution < -0.4 is 4.57 Å². The quantitative estimate of drug-likeness (QED) is 0.357. The predicted octanol–water partition coefficient (Wildman–Crippen LogP) is 5.36. The van der Waals surface area contributed by atoms with E-state index >= 15 is 0 Å². The first-order chi connectivity index (χ1) is 9.83. The van der Waals surface area contributed by atoms with Crippen LogP contribution in [0.4, 0.5) is 0 Å². The molecule has 0 radical (unpaired) electrons. The van der Waals surface area contributed by atoms with Gasteiger partial charge in [0, 0.05) is 12.1 Å². The molecule has 0 fully saturated rings. The maximum Gasteiger partial charge on any atom is 0.168 e. The molecule has 0 aliphatic carbocycles. The van der Waals surface area contributed by atoms with Crippen molar-refractivity contribution in [3.8, 4) is 0 Å². The van der Waals surface area contributed by atoms with Crippen molar-refractivity contribution in [3.05, 3.63) is 30.1 Å². The zero-order chi connectivity index (χ0) is 14.5. The van der Waals surface area contributed by atoms with Crippen molar-refractivity contribution in [1.29, 1.82) is 0 Å². The van der Waals surface area contributed by atoms with Gasteiger partial charge in [0.2, 0.25) is 0 Å². The van der Waals surface area contributed by atoms with E-state index in [1.807, 2.05) is 0 Å². The summed E-state index contributed by atoms with van der Waals surface area (Å²) in [5.74, 6) is 0. The summed E-state index contributed by atoms with van der Waals surface area (Å²) in [6, 6.07) is 4.49. The number of hydrogen-bond donors (Lipinski definition) is 0. The van der Waals surface area contributed by atoms with Crippen LogP contribution in [-0.4, -0.2) is 0 Å². The highest BCUT2D eigenvalue weighted by Gasteiger charge is 1.97. The first-order valence-electron chi connectivity index (χ1n) is 8.77. The lowest BCUT2D eigenvalue weighted by molar-refractivity contribution is -0.671. The van der Waals surface area contributed by atoms with Gasteiger partial charge in [-0.3, -0.25) is 0 Å². The molecule has 1 aromatic heterocycles. The van der Waals surface area contributed by atoms with Gasteiger partial charge < -0.3 is 0 Å². The molecule has 0 unspecified atom stereocenters. The average molecular weight is 276 g/mol. The molecule has 1 nitrogen and oxygen atoms in total. The monoisotopic (exact) mass is 276 g/mol. The molecule has 1 aromatic rings.